The van der Waals surface area contributed by atoms with Crippen LogP contribution < -0.4 is 9.80 Å². The zero-order chi connectivity index (χ0) is 18.8. The minimum absolute atomic E-state index is 0.201. The third-order valence-electron chi connectivity index (χ3n) is 4.98. The molecule has 1 aliphatic heterocycles. The van der Waals surface area contributed by atoms with E-state index in [2.05, 4.69) is 19.8 Å². The van der Waals surface area contributed by atoms with E-state index in [9.17, 15) is 0 Å². The molecule has 0 radical (unpaired) electrons. The average molecular weight is 367 g/mol. The van der Waals surface area contributed by atoms with E-state index in [1.54, 1.807) is 6.20 Å². The number of β-amino-alcohol motifs (C(OH)–C–C–N with tert-alkyl or cyclic N) is 1. The molecule has 3 aromatic rings. The standard InChI is InChI=1S/C19H25N7O/c1-24(2)18-19(26-9-7-25(8-10-26)11-12-27)23-16(13-22-18)14-3-5-20-17-15(14)4-6-21-17/h3-6,13,27H,7-12H2,1-2H3,(H,20,21). The molecule has 0 aliphatic carbocycles. The van der Waals surface area contributed by atoms with E-state index < -0.39 is 0 Å². The molecule has 0 saturated carbocycles. The fourth-order valence-corrected chi connectivity index (χ4v) is 3.54. The van der Waals surface area contributed by atoms with Gasteiger partial charge in [0.2, 0.25) is 0 Å². The molecule has 1 saturated heterocycles. The molecule has 0 spiro atoms. The van der Waals surface area contributed by atoms with Crippen molar-refractivity contribution in [3.63, 3.8) is 0 Å². The maximum atomic E-state index is 9.16. The number of hydrogen-bond donors (Lipinski definition) is 2. The van der Waals surface area contributed by atoms with Crippen molar-refractivity contribution in [2.45, 2.75) is 0 Å². The maximum Gasteiger partial charge on any atom is 0.172 e. The summed E-state index contributed by atoms with van der Waals surface area (Å²) in [5.41, 5.74) is 2.73. The molecule has 4 rings (SSSR count). The Hall–Kier alpha value is -2.71. The molecule has 142 valence electrons. The zero-order valence-corrected chi connectivity index (χ0v) is 15.8. The van der Waals surface area contributed by atoms with Crippen molar-refractivity contribution in [3.05, 3.63) is 30.7 Å². The first-order chi connectivity index (χ1) is 13.2. The number of aliphatic hydroxyl groups is 1. The second kappa shape index (κ2) is 7.50. The highest BCUT2D eigenvalue weighted by atomic mass is 16.3. The molecule has 0 aromatic carbocycles. The van der Waals surface area contributed by atoms with Gasteiger partial charge < -0.3 is 19.9 Å². The van der Waals surface area contributed by atoms with Crippen LogP contribution in [0, 0.1) is 0 Å². The molecule has 4 heterocycles. The normalized spacial score (nSPS) is 15.4. The Balaban J connectivity index is 1.70. The second-order valence-electron chi connectivity index (χ2n) is 6.95. The molecule has 8 heteroatoms. The van der Waals surface area contributed by atoms with Crippen LogP contribution in [0.4, 0.5) is 11.6 Å². The zero-order valence-electron chi connectivity index (χ0n) is 15.8. The lowest BCUT2D eigenvalue weighted by molar-refractivity contribution is 0.188. The average Bonchev–Trinajstić information content (AvgIpc) is 3.17. The number of H-pyrrole nitrogens is 1. The number of aromatic nitrogens is 4. The van der Waals surface area contributed by atoms with Crippen molar-refractivity contribution in [3.8, 4) is 11.3 Å². The van der Waals surface area contributed by atoms with Gasteiger partial charge in [0.15, 0.2) is 11.6 Å². The highest BCUT2D eigenvalue weighted by Gasteiger charge is 2.22. The molecule has 1 aliphatic rings. The molecular formula is C19H25N7O. The smallest absolute Gasteiger partial charge is 0.172 e. The number of rotatable bonds is 5. The molecule has 1 fully saturated rings. The van der Waals surface area contributed by atoms with Gasteiger partial charge in [-0.15, -0.1) is 0 Å². The fraction of sp³-hybridized carbons (Fsp3) is 0.421. The summed E-state index contributed by atoms with van der Waals surface area (Å²) in [6.07, 6.45) is 5.52. The van der Waals surface area contributed by atoms with Crippen LogP contribution in [0.25, 0.3) is 22.3 Å². The van der Waals surface area contributed by atoms with Crippen molar-refractivity contribution in [2.24, 2.45) is 0 Å². The Morgan fingerprint density at radius 3 is 2.70 bits per heavy atom. The van der Waals surface area contributed by atoms with Gasteiger partial charge in [0, 0.05) is 70.2 Å². The number of piperazine rings is 1. The molecule has 0 bridgehead atoms. The van der Waals surface area contributed by atoms with E-state index in [4.69, 9.17) is 15.1 Å². The predicted octanol–water partition coefficient (Wildman–Crippen LogP) is 1.20. The van der Waals surface area contributed by atoms with Crippen molar-refractivity contribution in [1.82, 2.24) is 24.8 Å². The molecule has 27 heavy (non-hydrogen) atoms. The number of fused-ring (bicyclic) bond motifs is 1. The van der Waals surface area contributed by atoms with Gasteiger partial charge in [0.25, 0.3) is 0 Å². The van der Waals surface area contributed by atoms with Crippen molar-refractivity contribution in [2.75, 3.05) is 63.2 Å². The first-order valence-electron chi connectivity index (χ1n) is 9.22. The van der Waals surface area contributed by atoms with Crippen molar-refractivity contribution in [1.29, 1.82) is 0 Å². The van der Waals surface area contributed by atoms with E-state index in [1.165, 1.54) is 0 Å². The summed E-state index contributed by atoms with van der Waals surface area (Å²) >= 11 is 0. The molecule has 0 atom stereocenters. The lowest BCUT2D eigenvalue weighted by Gasteiger charge is -2.36. The summed E-state index contributed by atoms with van der Waals surface area (Å²) in [6.45, 7) is 4.49. The van der Waals surface area contributed by atoms with Gasteiger partial charge in [-0.2, -0.15) is 0 Å². The van der Waals surface area contributed by atoms with Gasteiger partial charge in [0.1, 0.15) is 5.65 Å². The summed E-state index contributed by atoms with van der Waals surface area (Å²) in [5.74, 6) is 1.77. The second-order valence-corrected chi connectivity index (χ2v) is 6.95. The SMILES string of the molecule is CN(C)c1ncc(-c2ccnc3[nH]ccc23)nc1N1CCN(CCO)CC1. The number of nitrogens with one attached hydrogen (secondary N) is 1. The molecule has 3 aromatic heterocycles. The highest BCUT2D eigenvalue weighted by molar-refractivity contribution is 5.92. The molecule has 0 unspecified atom stereocenters. The minimum atomic E-state index is 0.201. The van der Waals surface area contributed by atoms with Crippen LogP contribution in [0.3, 0.4) is 0 Å². The number of aromatic amines is 1. The Bertz CT molecular complexity index is 915. The Morgan fingerprint density at radius 2 is 1.96 bits per heavy atom. The topological polar surface area (TPSA) is 84.4 Å². The lowest BCUT2D eigenvalue weighted by atomic mass is 10.1. The van der Waals surface area contributed by atoms with E-state index in [0.29, 0.717) is 0 Å². The Morgan fingerprint density at radius 1 is 1.15 bits per heavy atom. The number of hydrogen-bond acceptors (Lipinski definition) is 7. The van der Waals surface area contributed by atoms with Gasteiger partial charge in [-0.1, -0.05) is 0 Å². The largest absolute Gasteiger partial charge is 0.395 e. The van der Waals surface area contributed by atoms with Crippen LogP contribution in [-0.4, -0.2) is 83.4 Å². The predicted molar refractivity (Wildman–Crippen MR) is 107 cm³/mol. The Kier molecular flexibility index (Phi) is 4.91. The van der Waals surface area contributed by atoms with Crippen LogP contribution in [0.5, 0.6) is 0 Å². The summed E-state index contributed by atoms with van der Waals surface area (Å²) in [5, 5.41) is 10.2. The minimum Gasteiger partial charge on any atom is -0.395 e. The van der Waals surface area contributed by atoms with Gasteiger partial charge in [-0.25, -0.2) is 15.0 Å². The van der Waals surface area contributed by atoms with Crippen molar-refractivity contribution < 1.29 is 5.11 Å². The van der Waals surface area contributed by atoms with Gasteiger partial charge in [-0.05, 0) is 12.1 Å². The molecule has 2 N–H and O–H groups in total. The lowest BCUT2D eigenvalue weighted by Crippen LogP contribution is -2.47. The monoisotopic (exact) mass is 367 g/mol. The van der Waals surface area contributed by atoms with E-state index in [1.807, 2.05) is 43.5 Å². The summed E-state index contributed by atoms with van der Waals surface area (Å²) in [6, 6.07) is 4.00. The highest BCUT2D eigenvalue weighted by Crippen LogP contribution is 2.31. The van der Waals surface area contributed by atoms with Crippen LogP contribution in [0.15, 0.2) is 30.7 Å². The van der Waals surface area contributed by atoms with Gasteiger partial charge in [-0.3, -0.25) is 4.90 Å². The van der Waals surface area contributed by atoms with E-state index >= 15 is 0 Å². The first kappa shape index (κ1) is 17.7. The van der Waals surface area contributed by atoms with Crippen LogP contribution >= 0.6 is 0 Å². The van der Waals surface area contributed by atoms with Crippen molar-refractivity contribution >= 4 is 22.7 Å². The first-order valence-corrected chi connectivity index (χ1v) is 9.22. The van der Waals surface area contributed by atoms with Crippen LogP contribution in [0.1, 0.15) is 0 Å². The van der Waals surface area contributed by atoms with E-state index in [0.717, 1.165) is 66.7 Å². The summed E-state index contributed by atoms with van der Waals surface area (Å²) in [7, 11) is 3.98. The molecule has 0 amide bonds. The third-order valence-corrected chi connectivity index (χ3v) is 4.98. The van der Waals surface area contributed by atoms with Crippen LogP contribution in [-0.2, 0) is 0 Å². The molecular weight excluding hydrogens is 342 g/mol. The summed E-state index contributed by atoms with van der Waals surface area (Å²) in [4.78, 5) is 23.8. The maximum absolute atomic E-state index is 9.16. The number of pyridine rings is 1. The fourth-order valence-electron chi connectivity index (χ4n) is 3.54. The van der Waals surface area contributed by atoms with E-state index in [-0.39, 0.29) is 6.61 Å². The quantitative estimate of drug-likeness (QED) is 0.701. The number of aliphatic hydroxyl groups excluding tert-OH is 1. The molecule has 8 nitrogen and oxygen atoms in total. The number of anilines is 2. The van der Waals surface area contributed by atoms with Gasteiger partial charge >= 0.3 is 0 Å². The third kappa shape index (κ3) is 3.45. The van der Waals surface area contributed by atoms with Crippen LogP contribution in [0.2, 0.25) is 0 Å². The van der Waals surface area contributed by atoms with Gasteiger partial charge in [0.05, 0.1) is 18.5 Å². The Labute approximate surface area is 158 Å². The summed E-state index contributed by atoms with van der Waals surface area (Å²) < 4.78 is 0. The number of nitrogens with zero attached hydrogens (tertiary/aromatic N) is 6.